The highest BCUT2D eigenvalue weighted by Crippen LogP contribution is 2.53. The number of hydrogen-bond donors (Lipinski definition) is 0. The third kappa shape index (κ3) is 3.34. The van der Waals surface area contributed by atoms with Gasteiger partial charge in [0, 0.05) is 24.3 Å². The SMILES string of the molecule is C=C1C(=O)OC2C3=C(C)C(OC(=O)c4ccccc4)CC3C(C)(OC(C)=O)CCC12. The molecule has 0 aromatic heterocycles. The van der Waals surface area contributed by atoms with Gasteiger partial charge in [0.15, 0.2) is 0 Å². The fourth-order valence-electron chi connectivity index (χ4n) is 5.17. The standard InChI is InChI=1S/C24H26O6/c1-13-17-10-11-24(4,30-15(3)25)18-12-19(14(2)20(18)21(17)29-22(13)26)28-23(27)16-8-6-5-7-9-16/h5-9,17-19,21H,1,10-12H2,2-4H3. The first-order valence-electron chi connectivity index (χ1n) is 10.3. The summed E-state index contributed by atoms with van der Waals surface area (Å²) in [5.74, 6) is -1.52. The Morgan fingerprint density at radius 1 is 1.23 bits per heavy atom. The molecule has 158 valence electrons. The first-order chi connectivity index (χ1) is 14.2. The maximum atomic E-state index is 12.7. The van der Waals surface area contributed by atoms with Crippen LogP contribution >= 0.6 is 0 Å². The van der Waals surface area contributed by atoms with E-state index in [2.05, 4.69) is 6.58 Å². The molecule has 0 spiro atoms. The van der Waals surface area contributed by atoms with Gasteiger partial charge in [0.25, 0.3) is 0 Å². The molecule has 1 heterocycles. The number of hydrogen-bond acceptors (Lipinski definition) is 6. The minimum Gasteiger partial charge on any atom is -0.459 e. The maximum Gasteiger partial charge on any atom is 0.338 e. The number of esters is 3. The molecule has 2 fully saturated rings. The zero-order valence-corrected chi connectivity index (χ0v) is 17.5. The molecule has 1 aromatic carbocycles. The molecule has 1 saturated carbocycles. The van der Waals surface area contributed by atoms with E-state index in [4.69, 9.17) is 14.2 Å². The van der Waals surface area contributed by atoms with Crippen molar-refractivity contribution in [2.45, 2.75) is 57.8 Å². The molecule has 1 aliphatic heterocycles. The van der Waals surface area contributed by atoms with Crippen LogP contribution in [0.5, 0.6) is 0 Å². The van der Waals surface area contributed by atoms with Crippen LogP contribution in [0, 0.1) is 11.8 Å². The van der Waals surface area contributed by atoms with Crippen LogP contribution in [0.2, 0.25) is 0 Å². The van der Waals surface area contributed by atoms with Gasteiger partial charge in [-0.05, 0) is 56.4 Å². The van der Waals surface area contributed by atoms with Crippen LogP contribution in [0.3, 0.4) is 0 Å². The number of fused-ring (bicyclic) bond motifs is 3. The van der Waals surface area contributed by atoms with Crippen molar-refractivity contribution in [1.29, 1.82) is 0 Å². The van der Waals surface area contributed by atoms with Crippen molar-refractivity contribution < 1.29 is 28.6 Å². The maximum absolute atomic E-state index is 12.7. The van der Waals surface area contributed by atoms with Gasteiger partial charge in [-0.15, -0.1) is 0 Å². The average Bonchev–Trinajstić information content (AvgIpc) is 3.13. The Bertz CT molecular complexity index is 946. The highest BCUT2D eigenvalue weighted by Gasteiger charge is 2.56. The predicted octanol–water partition coefficient (Wildman–Crippen LogP) is 3.76. The van der Waals surface area contributed by atoms with E-state index in [0.29, 0.717) is 30.4 Å². The molecule has 5 atom stereocenters. The van der Waals surface area contributed by atoms with Crippen LogP contribution in [0.1, 0.15) is 50.4 Å². The molecule has 1 saturated heterocycles. The second-order valence-corrected chi connectivity index (χ2v) is 8.59. The van der Waals surface area contributed by atoms with Crippen molar-refractivity contribution in [2.75, 3.05) is 0 Å². The zero-order chi connectivity index (χ0) is 21.6. The van der Waals surface area contributed by atoms with E-state index < -0.39 is 23.8 Å². The molecular weight excluding hydrogens is 384 g/mol. The van der Waals surface area contributed by atoms with Gasteiger partial charge in [-0.1, -0.05) is 24.8 Å². The van der Waals surface area contributed by atoms with E-state index >= 15 is 0 Å². The Morgan fingerprint density at radius 3 is 2.60 bits per heavy atom. The summed E-state index contributed by atoms with van der Waals surface area (Å²) < 4.78 is 17.3. The third-order valence-electron chi connectivity index (χ3n) is 6.70. The summed E-state index contributed by atoms with van der Waals surface area (Å²) >= 11 is 0. The summed E-state index contributed by atoms with van der Waals surface area (Å²) in [4.78, 5) is 36.8. The van der Waals surface area contributed by atoms with E-state index in [0.717, 1.165) is 11.1 Å². The van der Waals surface area contributed by atoms with E-state index in [-0.39, 0.29) is 23.8 Å². The molecule has 6 heteroatoms. The van der Waals surface area contributed by atoms with Crippen LogP contribution in [0.4, 0.5) is 0 Å². The smallest absolute Gasteiger partial charge is 0.338 e. The Morgan fingerprint density at radius 2 is 1.93 bits per heavy atom. The second-order valence-electron chi connectivity index (χ2n) is 8.59. The van der Waals surface area contributed by atoms with Crippen molar-refractivity contribution in [3.8, 4) is 0 Å². The van der Waals surface area contributed by atoms with Crippen molar-refractivity contribution >= 4 is 17.9 Å². The van der Waals surface area contributed by atoms with Gasteiger partial charge < -0.3 is 14.2 Å². The van der Waals surface area contributed by atoms with E-state index in [1.807, 2.05) is 19.9 Å². The van der Waals surface area contributed by atoms with E-state index in [1.54, 1.807) is 24.3 Å². The van der Waals surface area contributed by atoms with Gasteiger partial charge in [0.05, 0.1) is 5.56 Å². The Hall–Kier alpha value is -2.89. The van der Waals surface area contributed by atoms with E-state index in [1.165, 1.54) is 6.92 Å². The van der Waals surface area contributed by atoms with Crippen molar-refractivity contribution in [2.24, 2.45) is 11.8 Å². The van der Waals surface area contributed by atoms with Crippen LogP contribution in [-0.2, 0) is 23.8 Å². The summed E-state index contributed by atoms with van der Waals surface area (Å²) in [6.45, 7) is 9.15. The van der Waals surface area contributed by atoms with Gasteiger partial charge in [-0.25, -0.2) is 9.59 Å². The fraction of sp³-hybridized carbons (Fsp3) is 0.458. The molecule has 5 unspecified atom stereocenters. The lowest BCUT2D eigenvalue weighted by Gasteiger charge is -2.35. The Balaban J connectivity index is 1.70. The number of carbonyl (C=O) groups excluding carboxylic acids is 3. The predicted molar refractivity (Wildman–Crippen MR) is 108 cm³/mol. The van der Waals surface area contributed by atoms with Gasteiger partial charge in [-0.3, -0.25) is 4.79 Å². The van der Waals surface area contributed by atoms with E-state index in [9.17, 15) is 14.4 Å². The minimum absolute atomic E-state index is 0.161. The summed E-state index contributed by atoms with van der Waals surface area (Å²) in [6.07, 6.45) is 0.772. The molecule has 3 aliphatic rings. The summed E-state index contributed by atoms with van der Waals surface area (Å²) in [7, 11) is 0. The van der Waals surface area contributed by atoms with Crippen molar-refractivity contribution in [3.05, 3.63) is 59.2 Å². The molecule has 0 bridgehead atoms. The lowest BCUT2D eigenvalue weighted by Crippen LogP contribution is -2.40. The largest absolute Gasteiger partial charge is 0.459 e. The lowest BCUT2D eigenvalue weighted by molar-refractivity contribution is -0.161. The molecule has 0 amide bonds. The van der Waals surface area contributed by atoms with Crippen LogP contribution < -0.4 is 0 Å². The third-order valence-corrected chi connectivity index (χ3v) is 6.70. The highest BCUT2D eigenvalue weighted by atomic mass is 16.6. The fourth-order valence-corrected chi connectivity index (χ4v) is 5.17. The topological polar surface area (TPSA) is 78.9 Å². The summed E-state index contributed by atoms with van der Waals surface area (Å²) in [6, 6.07) is 8.82. The molecule has 6 nitrogen and oxygen atoms in total. The van der Waals surface area contributed by atoms with Crippen molar-refractivity contribution in [1.82, 2.24) is 0 Å². The van der Waals surface area contributed by atoms with Crippen LogP contribution in [0.25, 0.3) is 0 Å². The molecular formula is C24H26O6. The summed E-state index contributed by atoms with van der Waals surface area (Å²) in [5, 5.41) is 0. The monoisotopic (exact) mass is 410 g/mol. The molecule has 0 radical (unpaired) electrons. The van der Waals surface area contributed by atoms with Gasteiger partial charge >= 0.3 is 17.9 Å². The number of ether oxygens (including phenoxy) is 3. The summed E-state index contributed by atoms with van der Waals surface area (Å²) in [5.41, 5.74) is 1.92. The zero-order valence-electron chi connectivity index (χ0n) is 17.5. The molecule has 1 aromatic rings. The number of rotatable bonds is 3. The van der Waals surface area contributed by atoms with Crippen LogP contribution in [0.15, 0.2) is 53.6 Å². The lowest BCUT2D eigenvalue weighted by atomic mass is 9.81. The molecule has 30 heavy (non-hydrogen) atoms. The molecule has 2 aliphatic carbocycles. The first-order valence-corrected chi connectivity index (χ1v) is 10.3. The minimum atomic E-state index is -0.770. The average molecular weight is 410 g/mol. The van der Waals surface area contributed by atoms with Crippen LogP contribution in [-0.4, -0.2) is 35.7 Å². The number of carbonyl (C=O) groups is 3. The normalized spacial score (nSPS) is 32.8. The Labute approximate surface area is 175 Å². The Kier molecular flexibility index (Phi) is 5.04. The second kappa shape index (κ2) is 7.42. The number of benzene rings is 1. The van der Waals surface area contributed by atoms with Gasteiger partial charge in [0.1, 0.15) is 17.8 Å². The molecule has 4 rings (SSSR count). The van der Waals surface area contributed by atoms with Gasteiger partial charge in [0.2, 0.25) is 0 Å². The van der Waals surface area contributed by atoms with Gasteiger partial charge in [-0.2, -0.15) is 0 Å². The highest BCUT2D eigenvalue weighted by molar-refractivity contribution is 5.91. The first kappa shape index (κ1) is 20.4. The molecule has 0 N–H and O–H groups in total. The van der Waals surface area contributed by atoms with Crippen molar-refractivity contribution in [3.63, 3.8) is 0 Å². The quantitative estimate of drug-likeness (QED) is 0.327.